The van der Waals surface area contributed by atoms with Crippen LogP contribution >= 0.6 is 0 Å². The number of piperazine rings is 1. The fraction of sp³-hybridized carbons (Fsp3) is 1.00. The minimum atomic E-state index is 0.555. The van der Waals surface area contributed by atoms with Crippen molar-refractivity contribution in [2.24, 2.45) is 11.1 Å². The van der Waals surface area contributed by atoms with E-state index in [4.69, 9.17) is 5.73 Å². The molecular weight excluding hydrogens is 222 g/mol. The smallest absolute Gasteiger partial charge is 0.0349 e. The average molecular weight is 253 g/mol. The summed E-state index contributed by atoms with van der Waals surface area (Å²) in [6.45, 7) is 9.24. The molecule has 1 saturated carbocycles. The van der Waals surface area contributed by atoms with Gasteiger partial charge in [-0.25, -0.2) is 0 Å². The van der Waals surface area contributed by atoms with E-state index >= 15 is 0 Å². The highest BCUT2D eigenvalue weighted by Gasteiger charge is 2.32. The number of hydrogen-bond acceptors (Lipinski definition) is 3. The minimum absolute atomic E-state index is 0.555. The highest BCUT2D eigenvalue weighted by molar-refractivity contribution is 4.89. The number of nitrogens with zero attached hydrogens (tertiary/aromatic N) is 2. The molecule has 2 N–H and O–H groups in total. The lowest BCUT2D eigenvalue weighted by Crippen LogP contribution is -2.58. The molecule has 2 unspecified atom stereocenters. The summed E-state index contributed by atoms with van der Waals surface area (Å²) in [5.41, 5.74) is 6.54. The number of likely N-dealkylation sites (N-methyl/N-ethyl adjacent to an activating group) is 1. The molecule has 2 atom stereocenters. The van der Waals surface area contributed by atoms with Crippen LogP contribution in [-0.2, 0) is 0 Å². The topological polar surface area (TPSA) is 32.5 Å². The van der Waals surface area contributed by atoms with Crippen LogP contribution in [0.2, 0.25) is 0 Å². The van der Waals surface area contributed by atoms with Crippen molar-refractivity contribution in [3.8, 4) is 0 Å². The summed E-state index contributed by atoms with van der Waals surface area (Å²) in [5, 5.41) is 0. The van der Waals surface area contributed by atoms with Crippen LogP contribution in [0.3, 0.4) is 0 Å². The van der Waals surface area contributed by atoms with Crippen LogP contribution in [-0.4, -0.2) is 55.1 Å². The van der Waals surface area contributed by atoms with Gasteiger partial charge in [-0.3, -0.25) is 4.90 Å². The molecule has 0 bridgehead atoms. The summed E-state index contributed by atoms with van der Waals surface area (Å²) in [6.07, 6.45) is 6.91. The second-order valence-electron chi connectivity index (χ2n) is 7.14. The quantitative estimate of drug-likeness (QED) is 0.763. The van der Waals surface area contributed by atoms with Gasteiger partial charge < -0.3 is 10.6 Å². The predicted molar refractivity (Wildman–Crippen MR) is 77.7 cm³/mol. The fourth-order valence-corrected chi connectivity index (χ4v) is 3.69. The first-order valence-electron chi connectivity index (χ1n) is 7.66. The lowest BCUT2D eigenvalue weighted by molar-refractivity contribution is 0.0489. The average Bonchev–Trinajstić information content (AvgIpc) is 2.50. The zero-order valence-corrected chi connectivity index (χ0v) is 12.5. The molecule has 0 amide bonds. The maximum atomic E-state index is 5.99. The van der Waals surface area contributed by atoms with Crippen molar-refractivity contribution in [3.05, 3.63) is 0 Å². The Kier molecular flexibility index (Phi) is 4.68. The van der Waals surface area contributed by atoms with Gasteiger partial charge in [0.1, 0.15) is 0 Å². The lowest BCUT2D eigenvalue weighted by atomic mass is 9.85. The van der Waals surface area contributed by atoms with Gasteiger partial charge in [0.2, 0.25) is 0 Å². The van der Waals surface area contributed by atoms with E-state index in [2.05, 4.69) is 30.7 Å². The van der Waals surface area contributed by atoms with Crippen LogP contribution in [0.25, 0.3) is 0 Å². The van der Waals surface area contributed by atoms with Gasteiger partial charge in [-0.15, -0.1) is 0 Å². The van der Waals surface area contributed by atoms with E-state index < -0.39 is 0 Å². The summed E-state index contributed by atoms with van der Waals surface area (Å²) in [4.78, 5) is 5.15. The molecule has 0 spiro atoms. The molecule has 2 rings (SSSR count). The van der Waals surface area contributed by atoms with Crippen LogP contribution in [0, 0.1) is 5.41 Å². The Hall–Kier alpha value is -0.120. The van der Waals surface area contributed by atoms with Crippen molar-refractivity contribution in [1.29, 1.82) is 0 Å². The molecule has 3 heteroatoms. The minimum Gasteiger partial charge on any atom is -0.329 e. The predicted octanol–water partition coefficient (Wildman–Crippen LogP) is 1.92. The third-order valence-electron chi connectivity index (χ3n) is 5.02. The largest absolute Gasteiger partial charge is 0.329 e. The van der Waals surface area contributed by atoms with Crippen molar-refractivity contribution in [2.45, 2.75) is 58.0 Å². The molecule has 0 radical (unpaired) electrons. The second-order valence-corrected chi connectivity index (χ2v) is 7.14. The van der Waals surface area contributed by atoms with Gasteiger partial charge in [-0.1, -0.05) is 20.3 Å². The molecule has 0 aromatic rings. The first-order chi connectivity index (χ1) is 8.52. The number of rotatable bonds is 2. The van der Waals surface area contributed by atoms with E-state index in [1.807, 2.05) is 0 Å². The van der Waals surface area contributed by atoms with Crippen molar-refractivity contribution in [2.75, 3.05) is 33.2 Å². The van der Waals surface area contributed by atoms with Gasteiger partial charge in [-0.2, -0.15) is 0 Å². The molecule has 1 saturated heterocycles. The first kappa shape index (κ1) is 14.3. The van der Waals surface area contributed by atoms with E-state index in [0.29, 0.717) is 11.5 Å². The van der Waals surface area contributed by atoms with Gasteiger partial charge in [-0.05, 0) is 38.1 Å². The van der Waals surface area contributed by atoms with Gasteiger partial charge in [0.25, 0.3) is 0 Å². The highest BCUT2D eigenvalue weighted by atomic mass is 15.3. The second kappa shape index (κ2) is 5.89. The third-order valence-corrected chi connectivity index (χ3v) is 5.02. The monoisotopic (exact) mass is 253 g/mol. The van der Waals surface area contributed by atoms with Crippen molar-refractivity contribution < 1.29 is 0 Å². The van der Waals surface area contributed by atoms with Gasteiger partial charge in [0.05, 0.1) is 0 Å². The van der Waals surface area contributed by atoms with Crippen molar-refractivity contribution in [3.63, 3.8) is 0 Å². The lowest BCUT2D eigenvalue weighted by Gasteiger charge is -2.44. The SMILES string of the molecule is CN1CCN(C2CCCC(C)(C)CC2)C(CN)C1. The molecule has 3 nitrogen and oxygen atoms in total. The Labute approximate surface area is 113 Å². The molecule has 2 fully saturated rings. The van der Waals surface area contributed by atoms with Gasteiger partial charge in [0, 0.05) is 38.3 Å². The van der Waals surface area contributed by atoms with Gasteiger partial charge >= 0.3 is 0 Å². The van der Waals surface area contributed by atoms with Crippen LogP contribution < -0.4 is 5.73 Å². The molecular formula is C15H31N3. The molecule has 1 aliphatic carbocycles. The third kappa shape index (κ3) is 3.46. The zero-order chi connectivity index (χ0) is 13.2. The van der Waals surface area contributed by atoms with E-state index in [0.717, 1.165) is 19.1 Å². The molecule has 2 aliphatic rings. The first-order valence-corrected chi connectivity index (χ1v) is 7.66. The molecule has 1 aliphatic heterocycles. The molecule has 0 aromatic heterocycles. The van der Waals surface area contributed by atoms with Crippen molar-refractivity contribution >= 4 is 0 Å². The Bertz CT molecular complexity index is 264. The van der Waals surface area contributed by atoms with Crippen molar-refractivity contribution in [1.82, 2.24) is 9.80 Å². The Balaban J connectivity index is 1.97. The van der Waals surface area contributed by atoms with E-state index in [1.54, 1.807) is 0 Å². The Morgan fingerprint density at radius 3 is 2.67 bits per heavy atom. The molecule has 106 valence electrons. The maximum Gasteiger partial charge on any atom is 0.0349 e. The van der Waals surface area contributed by atoms with E-state index in [1.165, 1.54) is 45.2 Å². The summed E-state index contributed by atoms with van der Waals surface area (Å²) >= 11 is 0. The van der Waals surface area contributed by atoms with E-state index in [-0.39, 0.29) is 0 Å². The number of hydrogen-bond donors (Lipinski definition) is 1. The molecule has 1 heterocycles. The zero-order valence-electron chi connectivity index (χ0n) is 12.5. The molecule has 0 aromatic carbocycles. The van der Waals surface area contributed by atoms with Crippen LogP contribution in [0.4, 0.5) is 0 Å². The highest BCUT2D eigenvalue weighted by Crippen LogP contribution is 2.36. The number of nitrogens with two attached hydrogens (primary N) is 1. The Morgan fingerprint density at radius 1 is 1.17 bits per heavy atom. The summed E-state index contributed by atoms with van der Waals surface area (Å²) in [7, 11) is 2.22. The summed E-state index contributed by atoms with van der Waals surface area (Å²) in [6, 6.07) is 1.36. The fourth-order valence-electron chi connectivity index (χ4n) is 3.69. The van der Waals surface area contributed by atoms with Gasteiger partial charge in [0.15, 0.2) is 0 Å². The molecule has 18 heavy (non-hydrogen) atoms. The summed E-state index contributed by atoms with van der Waals surface area (Å²) < 4.78 is 0. The Morgan fingerprint density at radius 2 is 1.94 bits per heavy atom. The van der Waals surface area contributed by atoms with Crippen LogP contribution in [0.15, 0.2) is 0 Å². The summed E-state index contributed by atoms with van der Waals surface area (Å²) in [5.74, 6) is 0. The van der Waals surface area contributed by atoms with E-state index in [9.17, 15) is 0 Å². The van der Waals surface area contributed by atoms with Crippen LogP contribution in [0.5, 0.6) is 0 Å². The van der Waals surface area contributed by atoms with Crippen LogP contribution in [0.1, 0.15) is 46.0 Å². The normalized spacial score (nSPS) is 35.3. The maximum absolute atomic E-state index is 5.99. The standard InChI is InChI=1S/C15H31N3/c1-15(2)7-4-5-13(6-8-15)18-10-9-17(3)12-14(18)11-16/h13-14H,4-12,16H2,1-3H3.